The number of hydrogen-bond donors (Lipinski definition) is 2. The van der Waals surface area contributed by atoms with Gasteiger partial charge in [-0.3, -0.25) is 9.69 Å². The molecule has 1 fully saturated rings. The van der Waals surface area contributed by atoms with E-state index in [0.29, 0.717) is 18.8 Å². The van der Waals surface area contributed by atoms with Gasteiger partial charge in [-0.1, -0.05) is 24.3 Å². The van der Waals surface area contributed by atoms with Crippen LogP contribution in [-0.2, 0) is 9.53 Å². The number of nitrogens with one attached hydrogen (secondary N) is 1. The fraction of sp³-hybridized carbons (Fsp3) is 0.455. The number of nitrogens with zero attached hydrogens (tertiary/aromatic N) is 3. The number of benzene rings is 1. The SMILES string of the molecule is CC(C)(C)OC(=O)N1CCCC1C(=O)NC(CO)c1ccc(-c2ncccn2)cc1. The molecule has 160 valence electrons. The van der Waals surface area contributed by atoms with Crippen molar-refractivity contribution < 1.29 is 19.4 Å². The van der Waals surface area contributed by atoms with Crippen LogP contribution in [-0.4, -0.2) is 56.8 Å². The maximum absolute atomic E-state index is 12.9. The Balaban J connectivity index is 1.67. The molecule has 2 amide bonds. The topological polar surface area (TPSA) is 105 Å². The Labute approximate surface area is 176 Å². The lowest BCUT2D eigenvalue weighted by molar-refractivity contribution is -0.126. The Bertz CT molecular complexity index is 865. The Kier molecular flexibility index (Phi) is 6.66. The van der Waals surface area contributed by atoms with Gasteiger partial charge in [0, 0.05) is 24.5 Å². The van der Waals surface area contributed by atoms with Crippen LogP contribution in [0.15, 0.2) is 42.7 Å². The lowest BCUT2D eigenvalue weighted by Gasteiger charge is -2.29. The van der Waals surface area contributed by atoms with Gasteiger partial charge in [-0.2, -0.15) is 0 Å². The highest BCUT2D eigenvalue weighted by atomic mass is 16.6. The minimum absolute atomic E-state index is 0.258. The number of hydrogen-bond acceptors (Lipinski definition) is 6. The van der Waals surface area contributed by atoms with Crippen LogP contribution in [0.2, 0.25) is 0 Å². The molecule has 0 spiro atoms. The molecule has 2 atom stereocenters. The largest absolute Gasteiger partial charge is 0.444 e. The average Bonchev–Trinajstić information content (AvgIpc) is 3.22. The number of amides is 2. The monoisotopic (exact) mass is 412 g/mol. The third-order valence-electron chi connectivity index (χ3n) is 4.82. The second-order valence-electron chi connectivity index (χ2n) is 8.27. The van der Waals surface area contributed by atoms with Gasteiger partial charge in [0.05, 0.1) is 12.6 Å². The van der Waals surface area contributed by atoms with Gasteiger partial charge in [-0.25, -0.2) is 14.8 Å². The van der Waals surface area contributed by atoms with E-state index in [9.17, 15) is 14.7 Å². The summed E-state index contributed by atoms with van der Waals surface area (Å²) in [5, 5.41) is 12.7. The summed E-state index contributed by atoms with van der Waals surface area (Å²) in [6.07, 6.45) is 4.14. The Morgan fingerprint density at radius 1 is 1.23 bits per heavy atom. The summed E-state index contributed by atoms with van der Waals surface area (Å²) in [4.78, 5) is 35.2. The van der Waals surface area contributed by atoms with Crippen molar-refractivity contribution in [3.8, 4) is 11.4 Å². The van der Waals surface area contributed by atoms with E-state index >= 15 is 0 Å². The highest BCUT2D eigenvalue weighted by molar-refractivity contribution is 5.86. The first-order valence-corrected chi connectivity index (χ1v) is 10.1. The summed E-state index contributed by atoms with van der Waals surface area (Å²) in [5.41, 5.74) is 0.972. The number of aliphatic hydroxyl groups is 1. The van der Waals surface area contributed by atoms with Gasteiger partial charge in [0.1, 0.15) is 11.6 Å². The number of likely N-dealkylation sites (tertiary alicyclic amines) is 1. The number of rotatable bonds is 5. The lowest BCUT2D eigenvalue weighted by atomic mass is 10.0. The van der Waals surface area contributed by atoms with E-state index < -0.39 is 23.8 Å². The van der Waals surface area contributed by atoms with E-state index in [1.807, 2.05) is 24.3 Å². The van der Waals surface area contributed by atoms with Gasteiger partial charge in [0.2, 0.25) is 5.91 Å². The molecular formula is C22H28N4O4. The van der Waals surface area contributed by atoms with Crippen molar-refractivity contribution in [2.45, 2.75) is 51.3 Å². The predicted octanol–water partition coefficient (Wildman–Crippen LogP) is 2.69. The van der Waals surface area contributed by atoms with E-state index in [4.69, 9.17) is 4.74 Å². The maximum Gasteiger partial charge on any atom is 0.410 e. The molecule has 3 rings (SSSR count). The van der Waals surface area contributed by atoms with Crippen LogP contribution in [0.4, 0.5) is 4.79 Å². The summed E-state index contributed by atoms with van der Waals surface area (Å²) in [6, 6.07) is 7.92. The van der Waals surface area contributed by atoms with Crippen LogP contribution < -0.4 is 5.32 Å². The van der Waals surface area contributed by atoms with Crippen molar-refractivity contribution in [2.24, 2.45) is 0 Å². The van der Waals surface area contributed by atoms with Crippen molar-refractivity contribution >= 4 is 12.0 Å². The Hall–Kier alpha value is -3.00. The first-order valence-electron chi connectivity index (χ1n) is 10.1. The van der Waals surface area contributed by atoms with Gasteiger partial charge >= 0.3 is 6.09 Å². The molecule has 1 aromatic carbocycles. The van der Waals surface area contributed by atoms with E-state index in [1.54, 1.807) is 39.2 Å². The Morgan fingerprint density at radius 3 is 2.50 bits per heavy atom. The highest BCUT2D eigenvalue weighted by Gasteiger charge is 2.37. The predicted molar refractivity (Wildman–Crippen MR) is 111 cm³/mol. The van der Waals surface area contributed by atoms with Gasteiger partial charge < -0.3 is 15.2 Å². The highest BCUT2D eigenvalue weighted by Crippen LogP contribution is 2.23. The van der Waals surface area contributed by atoms with Crippen molar-refractivity contribution in [1.82, 2.24) is 20.2 Å². The van der Waals surface area contributed by atoms with Crippen molar-refractivity contribution in [1.29, 1.82) is 0 Å². The Morgan fingerprint density at radius 2 is 1.90 bits per heavy atom. The van der Waals surface area contributed by atoms with E-state index in [2.05, 4.69) is 15.3 Å². The molecule has 2 N–H and O–H groups in total. The number of aliphatic hydroxyl groups excluding tert-OH is 1. The first-order chi connectivity index (χ1) is 14.3. The fourth-order valence-corrected chi connectivity index (χ4v) is 3.39. The zero-order valence-corrected chi connectivity index (χ0v) is 17.5. The number of ether oxygens (including phenoxy) is 1. The molecule has 2 unspecified atom stereocenters. The number of carbonyl (C=O) groups is 2. The molecule has 1 aliphatic heterocycles. The summed E-state index contributed by atoms with van der Waals surface area (Å²) in [6.45, 7) is 5.60. The van der Waals surface area contributed by atoms with E-state index in [-0.39, 0.29) is 12.5 Å². The van der Waals surface area contributed by atoms with Crippen LogP contribution in [0.3, 0.4) is 0 Å². The number of aromatic nitrogens is 2. The molecule has 1 aromatic heterocycles. The van der Waals surface area contributed by atoms with Crippen LogP contribution in [0.1, 0.15) is 45.2 Å². The zero-order valence-electron chi connectivity index (χ0n) is 17.5. The molecule has 0 saturated carbocycles. The first kappa shape index (κ1) is 21.7. The van der Waals surface area contributed by atoms with Gasteiger partial charge in [-0.05, 0) is 45.2 Å². The molecule has 30 heavy (non-hydrogen) atoms. The van der Waals surface area contributed by atoms with Crippen LogP contribution in [0.25, 0.3) is 11.4 Å². The molecule has 2 aromatic rings. The molecule has 1 saturated heterocycles. The zero-order chi connectivity index (χ0) is 21.7. The second-order valence-corrected chi connectivity index (χ2v) is 8.27. The maximum atomic E-state index is 12.9. The van der Waals surface area contributed by atoms with E-state index in [1.165, 1.54) is 4.90 Å². The summed E-state index contributed by atoms with van der Waals surface area (Å²) in [5.74, 6) is 0.306. The molecule has 8 nitrogen and oxygen atoms in total. The molecule has 0 bridgehead atoms. The lowest BCUT2D eigenvalue weighted by Crippen LogP contribution is -2.48. The summed E-state index contributed by atoms with van der Waals surface area (Å²) < 4.78 is 5.42. The molecule has 0 radical (unpaired) electrons. The van der Waals surface area contributed by atoms with Gasteiger partial charge in [-0.15, -0.1) is 0 Å². The fourth-order valence-electron chi connectivity index (χ4n) is 3.39. The van der Waals surface area contributed by atoms with Crippen molar-refractivity contribution in [3.05, 3.63) is 48.3 Å². The summed E-state index contributed by atoms with van der Waals surface area (Å²) >= 11 is 0. The second kappa shape index (κ2) is 9.21. The minimum Gasteiger partial charge on any atom is -0.444 e. The minimum atomic E-state index is -0.626. The van der Waals surface area contributed by atoms with Crippen molar-refractivity contribution in [3.63, 3.8) is 0 Å². The standard InChI is InChI=1S/C22H28N4O4/c1-22(2,3)30-21(29)26-13-4-6-18(26)20(28)25-17(14-27)15-7-9-16(10-8-15)19-23-11-5-12-24-19/h5,7-12,17-18,27H,4,6,13-14H2,1-3H3,(H,25,28). The van der Waals surface area contributed by atoms with Crippen molar-refractivity contribution in [2.75, 3.05) is 13.2 Å². The smallest absolute Gasteiger partial charge is 0.410 e. The quantitative estimate of drug-likeness (QED) is 0.782. The molecular weight excluding hydrogens is 384 g/mol. The molecule has 2 heterocycles. The number of carbonyl (C=O) groups excluding carboxylic acids is 2. The van der Waals surface area contributed by atoms with Gasteiger partial charge in [0.25, 0.3) is 0 Å². The normalized spacial score (nSPS) is 17.5. The molecule has 1 aliphatic rings. The van der Waals surface area contributed by atoms with E-state index in [0.717, 1.165) is 17.5 Å². The molecule has 0 aliphatic carbocycles. The molecule has 8 heteroatoms. The van der Waals surface area contributed by atoms with Crippen LogP contribution >= 0.6 is 0 Å². The third-order valence-corrected chi connectivity index (χ3v) is 4.82. The third kappa shape index (κ3) is 5.33. The van der Waals surface area contributed by atoms with Gasteiger partial charge in [0.15, 0.2) is 5.82 Å². The van der Waals surface area contributed by atoms with Crippen LogP contribution in [0.5, 0.6) is 0 Å². The average molecular weight is 412 g/mol. The summed E-state index contributed by atoms with van der Waals surface area (Å²) in [7, 11) is 0. The van der Waals surface area contributed by atoms with Crippen LogP contribution in [0, 0.1) is 0 Å².